The van der Waals surface area contributed by atoms with Crippen molar-refractivity contribution >= 4 is 55.3 Å². The quantitative estimate of drug-likeness (QED) is 0.316. The smallest absolute Gasteiger partial charge is 0.321 e. The van der Waals surface area contributed by atoms with Gasteiger partial charge in [0.25, 0.3) is 0 Å². The molecule has 0 aliphatic carbocycles. The molecule has 2 amide bonds. The van der Waals surface area contributed by atoms with E-state index in [9.17, 15) is 9.59 Å². The minimum absolute atomic E-state index is 0.0158. The van der Waals surface area contributed by atoms with Crippen LogP contribution in [0.25, 0.3) is 0 Å². The number of carbonyl (C=O) groups excluding carboxylic acids is 2. The van der Waals surface area contributed by atoms with Gasteiger partial charge in [-0.05, 0) is 93.7 Å². The van der Waals surface area contributed by atoms with E-state index in [1.807, 2.05) is 41.3 Å². The summed E-state index contributed by atoms with van der Waals surface area (Å²) in [6.45, 7) is 4.25. The van der Waals surface area contributed by atoms with Crippen LogP contribution in [-0.2, 0) is 4.79 Å². The zero-order chi connectivity index (χ0) is 23.0. The first-order valence-electron chi connectivity index (χ1n) is 10.9. The predicted octanol–water partition coefficient (Wildman–Crippen LogP) is 6.64. The van der Waals surface area contributed by atoms with Crippen LogP contribution in [0.5, 0.6) is 0 Å². The number of piperidine rings is 2. The summed E-state index contributed by atoms with van der Waals surface area (Å²) in [4.78, 5) is 26.9. The van der Waals surface area contributed by atoms with Crippen molar-refractivity contribution in [3.8, 4) is 0 Å². The molecule has 0 atom stereocenters. The minimum Gasteiger partial charge on any atom is -0.325 e. The number of halogens is 2. The maximum atomic E-state index is 11.9. The highest BCUT2D eigenvalue weighted by atomic mass is 79.9. The molecule has 172 valence electrons. The Balaban J connectivity index is 0.000000192. The lowest BCUT2D eigenvalue weighted by Crippen LogP contribution is -2.38. The van der Waals surface area contributed by atoms with Crippen molar-refractivity contribution in [1.29, 1.82) is 0 Å². The number of aliphatic imine (C=N–C) groups is 1. The number of anilines is 1. The Morgan fingerprint density at radius 2 is 1.38 bits per heavy atom. The lowest BCUT2D eigenvalue weighted by atomic mass is 10.1. The number of isocyanates is 1. The van der Waals surface area contributed by atoms with Crippen LogP contribution in [0.1, 0.15) is 38.5 Å². The van der Waals surface area contributed by atoms with Crippen LogP contribution in [0.4, 0.5) is 16.2 Å². The van der Waals surface area contributed by atoms with Gasteiger partial charge in [-0.25, -0.2) is 9.59 Å². The molecule has 2 aliphatic rings. The van der Waals surface area contributed by atoms with E-state index in [-0.39, 0.29) is 6.03 Å². The Morgan fingerprint density at radius 1 is 0.844 bits per heavy atom. The second-order valence-corrected chi connectivity index (χ2v) is 9.31. The molecule has 0 bridgehead atoms. The molecule has 6 nitrogen and oxygen atoms in total. The van der Waals surface area contributed by atoms with Crippen molar-refractivity contribution in [3.63, 3.8) is 0 Å². The minimum atomic E-state index is 0.0158. The van der Waals surface area contributed by atoms with E-state index < -0.39 is 0 Å². The van der Waals surface area contributed by atoms with Crippen molar-refractivity contribution in [2.45, 2.75) is 38.5 Å². The van der Waals surface area contributed by atoms with Crippen molar-refractivity contribution in [2.24, 2.45) is 4.99 Å². The molecular formula is C24H30Br2N4O2. The molecule has 8 heteroatoms. The molecule has 2 aromatic carbocycles. The van der Waals surface area contributed by atoms with E-state index in [4.69, 9.17) is 0 Å². The second-order valence-electron chi connectivity index (χ2n) is 7.47. The van der Waals surface area contributed by atoms with Gasteiger partial charge in [0.2, 0.25) is 6.08 Å². The molecule has 0 saturated carbocycles. The highest BCUT2D eigenvalue weighted by molar-refractivity contribution is 9.10. The van der Waals surface area contributed by atoms with E-state index in [0.29, 0.717) is 5.69 Å². The zero-order valence-electron chi connectivity index (χ0n) is 18.2. The predicted molar refractivity (Wildman–Crippen MR) is 137 cm³/mol. The number of hydrogen-bond donors (Lipinski definition) is 2. The molecule has 2 aliphatic heterocycles. The van der Waals surface area contributed by atoms with E-state index >= 15 is 0 Å². The number of nitrogens with one attached hydrogen (secondary N) is 2. The lowest BCUT2D eigenvalue weighted by molar-refractivity contribution is 0.200. The Morgan fingerprint density at radius 3 is 1.84 bits per heavy atom. The fraction of sp³-hybridized carbons (Fsp3) is 0.417. The van der Waals surface area contributed by atoms with Crippen LogP contribution in [0.3, 0.4) is 0 Å². The first kappa shape index (κ1) is 26.3. The number of carbonyl (C=O) groups is 1. The Hall–Kier alpha value is -1.99. The molecule has 2 heterocycles. The standard InChI is InChI=1S/C12H15BrN2O.C7H4BrNO.C5H11N/c13-10-4-6-11(7-5-10)14-12(16)15-8-2-1-3-9-15;8-6-1-3-7(4-2-6)9-5-10;1-2-4-6-5-3-1/h4-7H,1-3,8-9H2,(H,14,16);1-4H;6H,1-5H2. The summed E-state index contributed by atoms with van der Waals surface area (Å²) >= 11 is 6.62. The van der Waals surface area contributed by atoms with Crippen LogP contribution >= 0.6 is 31.9 Å². The molecule has 2 saturated heterocycles. The molecule has 0 spiro atoms. The van der Waals surface area contributed by atoms with Gasteiger partial charge in [0.05, 0.1) is 5.69 Å². The first-order chi connectivity index (χ1) is 15.6. The number of benzene rings is 2. The van der Waals surface area contributed by atoms with Gasteiger partial charge >= 0.3 is 6.03 Å². The van der Waals surface area contributed by atoms with Gasteiger partial charge in [0, 0.05) is 27.7 Å². The van der Waals surface area contributed by atoms with Gasteiger partial charge in [-0.2, -0.15) is 4.99 Å². The fourth-order valence-corrected chi connectivity index (χ4v) is 3.73. The second kappa shape index (κ2) is 15.8. The third-order valence-electron chi connectivity index (χ3n) is 4.95. The third-order valence-corrected chi connectivity index (χ3v) is 6.00. The van der Waals surface area contributed by atoms with Gasteiger partial charge in [0.1, 0.15) is 0 Å². The summed E-state index contributed by atoms with van der Waals surface area (Å²) in [7, 11) is 0. The molecule has 32 heavy (non-hydrogen) atoms. The Kier molecular flexibility index (Phi) is 12.9. The van der Waals surface area contributed by atoms with Crippen molar-refractivity contribution in [1.82, 2.24) is 10.2 Å². The highest BCUT2D eigenvalue weighted by Gasteiger charge is 2.15. The van der Waals surface area contributed by atoms with E-state index in [1.165, 1.54) is 44.9 Å². The maximum absolute atomic E-state index is 11.9. The van der Waals surface area contributed by atoms with Crippen molar-refractivity contribution in [3.05, 3.63) is 57.5 Å². The van der Waals surface area contributed by atoms with Gasteiger partial charge in [-0.3, -0.25) is 0 Å². The largest absolute Gasteiger partial charge is 0.325 e. The summed E-state index contributed by atoms with van der Waals surface area (Å²) in [6, 6.07) is 14.7. The molecule has 4 rings (SSSR count). The zero-order valence-corrected chi connectivity index (χ0v) is 21.3. The summed E-state index contributed by atoms with van der Waals surface area (Å²) in [5, 5.41) is 6.19. The monoisotopic (exact) mass is 564 g/mol. The average Bonchev–Trinajstić information content (AvgIpc) is 2.85. The van der Waals surface area contributed by atoms with E-state index in [0.717, 1.165) is 40.6 Å². The molecule has 0 unspecified atom stereocenters. The number of hydrogen-bond acceptors (Lipinski definition) is 4. The first-order valence-corrected chi connectivity index (χ1v) is 12.5. The third kappa shape index (κ3) is 11.0. The summed E-state index contributed by atoms with van der Waals surface area (Å²) in [5.74, 6) is 0. The topological polar surface area (TPSA) is 73.8 Å². The lowest BCUT2D eigenvalue weighted by Gasteiger charge is -2.26. The van der Waals surface area contributed by atoms with Gasteiger partial charge in [0.15, 0.2) is 0 Å². The average molecular weight is 566 g/mol. The number of urea groups is 1. The number of likely N-dealkylation sites (tertiary alicyclic amines) is 1. The Labute approximate surface area is 207 Å². The Bertz CT molecular complexity index is 832. The molecular weight excluding hydrogens is 536 g/mol. The molecule has 0 aromatic heterocycles. The van der Waals surface area contributed by atoms with Crippen molar-refractivity contribution in [2.75, 3.05) is 31.5 Å². The number of rotatable bonds is 2. The summed E-state index contributed by atoms with van der Waals surface area (Å²) < 4.78 is 1.99. The maximum Gasteiger partial charge on any atom is 0.321 e. The molecule has 2 fully saturated rings. The van der Waals surface area contributed by atoms with Gasteiger partial charge in [-0.15, -0.1) is 0 Å². The molecule has 0 radical (unpaired) electrons. The fourth-order valence-electron chi connectivity index (χ4n) is 3.20. The van der Waals surface area contributed by atoms with Crippen molar-refractivity contribution < 1.29 is 9.59 Å². The summed E-state index contributed by atoms with van der Waals surface area (Å²) in [5.41, 5.74) is 1.47. The highest BCUT2D eigenvalue weighted by Crippen LogP contribution is 2.16. The van der Waals surface area contributed by atoms with Crippen LogP contribution < -0.4 is 10.6 Å². The van der Waals surface area contributed by atoms with E-state index in [1.54, 1.807) is 12.1 Å². The van der Waals surface area contributed by atoms with Gasteiger partial charge in [-0.1, -0.05) is 38.3 Å². The van der Waals surface area contributed by atoms with Crippen LogP contribution in [0, 0.1) is 0 Å². The SMILES string of the molecule is C1CCNCC1.O=C(Nc1ccc(Br)cc1)N1CCCCC1.O=C=Nc1ccc(Br)cc1. The van der Waals surface area contributed by atoms with E-state index in [2.05, 4.69) is 47.5 Å². The normalized spacial score (nSPS) is 15.1. The summed E-state index contributed by atoms with van der Waals surface area (Å²) in [6.07, 6.45) is 9.15. The molecule has 2 N–H and O–H groups in total. The van der Waals surface area contributed by atoms with Gasteiger partial charge < -0.3 is 15.5 Å². The van der Waals surface area contributed by atoms with Crippen LogP contribution in [-0.4, -0.2) is 43.2 Å². The number of amides is 2. The van der Waals surface area contributed by atoms with Crippen LogP contribution in [0.2, 0.25) is 0 Å². The van der Waals surface area contributed by atoms with Crippen LogP contribution in [0.15, 0.2) is 62.5 Å². The molecule has 2 aromatic rings. The number of nitrogens with zero attached hydrogens (tertiary/aromatic N) is 2.